The van der Waals surface area contributed by atoms with Crippen molar-refractivity contribution in [1.29, 1.82) is 0 Å². The molecule has 2 aromatic heterocycles. The van der Waals surface area contributed by atoms with Gasteiger partial charge in [-0.1, -0.05) is 30.3 Å². The first-order valence-electron chi connectivity index (χ1n) is 5.67. The van der Waals surface area contributed by atoms with E-state index in [0.717, 1.165) is 16.6 Å². The Labute approximate surface area is 103 Å². The highest BCUT2D eigenvalue weighted by atomic mass is 16.1. The zero-order valence-electron chi connectivity index (χ0n) is 9.84. The fourth-order valence-electron chi connectivity index (χ4n) is 1.91. The molecule has 0 unspecified atom stereocenters. The van der Waals surface area contributed by atoms with E-state index in [9.17, 15) is 4.79 Å². The molecule has 0 saturated carbocycles. The second-order valence-electron chi connectivity index (χ2n) is 4.08. The van der Waals surface area contributed by atoms with Gasteiger partial charge >= 0.3 is 0 Å². The summed E-state index contributed by atoms with van der Waals surface area (Å²) in [5.41, 5.74) is 2.22. The fraction of sp³-hybridized carbons (Fsp3) is 0.0714. The normalized spacial score (nSPS) is 10.7. The molecule has 0 saturated heterocycles. The van der Waals surface area contributed by atoms with Gasteiger partial charge < -0.3 is 4.98 Å². The Hall–Kier alpha value is -2.49. The largest absolute Gasteiger partial charge is 0.306 e. The Kier molecular flexibility index (Phi) is 2.41. The molecular formula is C14H11N3O. The molecule has 0 fully saturated rings. The molecule has 18 heavy (non-hydrogen) atoms. The molecule has 0 aliphatic heterocycles. The van der Waals surface area contributed by atoms with Crippen LogP contribution in [-0.4, -0.2) is 15.0 Å². The third kappa shape index (κ3) is 1.78. The predicted molar refractivity (Wildman–Crippen MR) is 70.3 cm³/mol. The van der Waals surface area contributed by atoms with Crippen LogP contribution in [0.4, 0.5) is 0 Å². The number of benzene rings is 1. The summed E-state index contributed by atoms with van der Waals surface area (Å²) < 4.78 is 0. The highest BCUT2D eigenvalue weighted by Gasteiger charge is 2.06. The van der Waals surface area contributed by atoms with E-state index in [0.29, 0.717) is 11.5 Å². The van der Waals surface area contributed by atoms with E-state index in [1.54, 1.807) is 6.07 Å². The second-order valence-corrected chi connectivity index (χ2v) is 4.08. The first-order valence-corrected chi connectivity index (χ1v) is 5.67. The first kappa shape index (κ1) is 10.7. The minimum absolute atomic E-state index is 0.153. The van der Waals surface area contributed by atoms with E-state index in [2.05, 4.69) is 15.0 Å². The lowest BCUT2D eigenvalue weighted by molar-refractivity contribution is 1.12. The number of hydrogen-bond acceptors (Lipinski definition) is 3. The van der Waals surface area contributed by atoms with Crippen LogP contribution in [0.1, 0.15) is 5.69 Å². The summed E-state index contributed by atoms with van der Waals surface area (Å²) in [5.74, 6) is 0.627. The third-order valence-corrected chi connectivity index (χ3v) is 2.81. The summed E-state index contributed by atoms with van der Waals surface area (Å²) in [6.45, 7) is 1.91. The number of aromatic amines is 1. The molecular weight excluding hydrogens is 226 g/mol. The van der Waals surface area contributed by atoms with Gasteiger partial charge in [0.05, 0.1) is 5.69 Å². The average molecular weight is 237 g/mol. The van der Waals surface area contributed by atoms with E-state index in [-0.39, 0.29) is 5.56 Å². The summed E-state index contributed by atoms with van der Waals surface area (Å²) >= 11 is 0. The number of nitrogens with zero attached hydrogens (tertiary/aromatic N) is 2. The van der Waals surface area contributed by atoms with Crippen LogP contribution in [0.25, 0.3) is 22.4 Å². The molecule has 1 aromatic carbocycles. The van der Waals surface area contributed by atoms with Crippen molar-refractivity contribution >= 4 is 11.0 Å². The van der Waals surface area contributed by atoms with Crippen LogP contribution >= 0.6 is 0 Å². The van der Waals surface area contributed by atoms with Crippen LogP contribution in [0, 0.1) is 6.92 Å². The number of hydrogen-bond donors (Lipinski definition) is 1. The van der Waals surface area contributed by atoms with Gasteiger partial charge in [0.2, 0.25) is 5.56 Å². The number of nitrogens with one attached hydrogen (secondary N) is 1. The molecule has 3 aromatic rings. The maximum Gasteiger partial charge on any atom is 0.249 e. The van der Waals surface area contributed by atoms with Crippen molar-refractivity contribution in [2.45, 2.75) is 6.92 Å². The smallest absolute Gasteiger partial charge is 0.249 e. The van der Waals surface area contributed by atoms with Crippen molar-refractivity contribution in [2.24, 2.45) is 0 Å². The number of fused-ring (bicyclic) bond motifs is 1. The number of rotatable bonds is 1. The summed E-state index contributed by atoms with van der Waals surface area (Å²) in [4.78, 5) is 22.9. The van der Waals surface area contributed by atoms with Crippen LogP contribution in [0.2, 0.25) is 0 Å². The van der Waals surface area contributed by atoms with Crippen LogP contribution in [0.15, 0.2) is 47.3 Å². The fourth-order valence-corrected chi connectivity index (χ4v) is 1.91. The van der Waals surface area contributed by atoms with E-state index in [1.807, 2.05) is 37.3 Å². The summed E-state index contributed by atoms with van der Waals surface area (Å²) in [7, 11) is 0. The molecule has 0 atom stereocenters. The lowest BCUT2D eigenvalue weighted by atomic mass is 10.2. The van der Waals surface area contributed by atoms with Gasteiger partial charge in [0.25, 0.3) is 0 Å². The van der Waals surface area contributed by atoms with Crippen molar-refractivity contribution in [3.8, 4) is 11.4 Å². The topological polar surface area (TPSA) is 58.6 Å². The molecule has 4 nitrogen and oxygen atoms in total. The number of aryl methyl sites for hydroxylation is 1. The van der Waals surface area contributed by atoms with Crippen LogP contribution in [0.5, 0.6) is 0 Å². The summed E-state index contributed by atoms with van der Waals surface area (Å²) in [6.07, 6.45) is 0. The molecule has 0 bridgehead atoms. The van der Waals surface area contributed by atoms with E-state index in [1.165, 1.54) is 6.07 Å². The number of aromatic nitrogens is 3. The molecule has 0 aliphatic rings. The van der Waals surface area contributed by atoms with Gasteiger partial charge in [-0.05, 0) is 13.0 Å². The Bertz CT molecular complexity index is 763. The van der Waals surface area contributed by atoms with Crippen LogP contribution in [-0.2, 0) is 0 Å². The quantitative estimate of drug-likeness (QED) is 0.706. The SMILES string of the molecule is Cc1nc(-c2ccccc2)nc2[nH]c(=O)ccc12. The van der Waals surface area contributed by atoms with Crippen molar-refractivity contribution in [3.63, 3.8) is 0 Å². The number of H-pyrrole nitrogens is 1. The molecule has 1 N–H and O–H groups in total. The predicted octanol–water partition coefficient (Wildman–Crippen LogP) is 2.29. The maximum absolute atomic E-state index is 11.3. The van der Waals surface area contributed by atoms with E-state index >= 15 is 0 Å². The zero-order valence-corrected chi connectivity index (χ0v) is 9.84. The summed E-state index contributed by atoms with van der Waals surface area (Å²) in [6, 6.07) is 12.9. The maximum atomic E-state index is 11.3. The Morgan fingerprint density at radius 1 is 1.00 bits per heavy atom. The molecule has 0 radical (unpaired) electrons. The van der Waals surface area contributed by atoms with Crippen molar-refractivity contribution < 1.29 is 0 Å². The van der Waals surface area contributed by atoms with Crippen molar-refractivity contribution in [1.82, 2.24) is 15.0 Å². The van der Waals surface area contributed by atoms with Crippen molar-refractivity contribution in [2.75, 3.05) is 0 Å². The Morgan fingerprint density at radius 3 is 2.56 bits per heavy atom. The van der Waals surface area contributed by atoms with Crippen LogP contribution < -0.4 is 5.56 Å². The third-order valence-electron chi connectivity index (χ3n) is 2.81. The van der Waals surface area contributed by atoms with Gasteiger partial charge in [0, 0.05) is 17.0 Å². The van der Waals surface area contributed by atoms with Gasteiger partial charge in [-0.15, -0.1) is 0 Å². The molecule has 4 heteroatoms. The molecule has 0 spiro atoms. The molecule has 0 amide bonds. The van der Waals surface area contributed by atoms with E-state index < -0.39 is 0 Å². The summed E-state index contributed by atoms with van der Waals surface area (Å²) in [5, 5.41) is 0.870. The average Bonchev–Trinajstić information content (AvgIpc) is 2.39. The lowest BCUT2D eigenvalue weighted by Crippen LogP contribution is -2.06. The standard InChI is InChI=1S/C14H11N3O/c1-9-11-7-8-12(18)16-14(11)17-13(15-9)10-5-3-2-4-6-10/h2-8H,1H3,(H,15,16,17,18). The monoisotopic (exact) mass is 237 g/mol. The Balaban J connectivity index is 2.30. The second kappa shape index (κ2) is 4.07. The van der Waals surface area contributed by atoms with Gasteiger partial charge in [-0.2, -0.15) is 0 Å². The Morgan fingerprint density at radius 2 is 1.78 bits per heavy atom. The van der Waals surface area contributed by atoms with Gasteiger partial charge in [-0.25, -0.2) is 9.97 Å². The van der Waals surface area contributed by atoms with Gasteiger partial charge in [-0.3, -0.25) is 4.79 Å². The lowest BCUT2D eigenvalue weighted by Gasteiger charge is -2.04. The molecule has 88 valence electrons. The van der Waals surface area contributed by atoms with E-state index in [4.69, 9.17) is 0 Å². The highest BCUT2D eigenvalue weighted by Crippen LogP contribution is 2.18. The molecule has 3 rings (SSSR count). The van der Waals surface area contributed by atoms with Crippen LogP contribution in [0.3, 0.4) is 0 Å². The van der Waals surface area contributed by atoms with Gasteiger partial charge in [0.1, 0.15) is 5.65 Å². The highest BCUT2D eigenvalue weighted by molar-refractivity contribution is 5.78. The minimum atomic E-state index is -0.153. The molecule has 2 heterocycles. The van der Waals surface area contributed by atoms with Gasteiger partial charge in [0.15, 0.2) is 5.82 Å². The number of pyridine rings is 1. The molecule has 0 aliphatic carbocycles. The zero-order chi connectivity index (χ0) is 12.5. The van der Waals surface area contributed by atoms with Crippen molar-refractivity contribution in [3.05, 3.63) is 58.5 Å². The minimum Gasteiger partial charge on any atom is -0.306 e. The first-order chi connectivity index (χ1) is 8.74.